The molecule has 0 bridgehead atoms. The maximum absolute atomic E-state index is 9.07. The van der Waals surface area contributed by atoms with E-state index in [1.54, 1.807) is 13.8 Å². The Hall–Kier alpha value is -0.160. The molecule has 0 aliphatic rings. The third-order valence-electron chi connectivity index (χ3n) is 0.824. The second-order valence-corrected chi connectivity index (χ2v) is 2.26. The van der Waals surface area contributed by atoms with Gasteiger partial charge in [0.05, 0.1) is 0 Å². The second-order valence-electron chi connectivity index (χ2n) is 2.26. The average Bonchev–Trinajstić information content (AvgIpc) is 1.88. The minimum absolute atomic E-state index is 0.451. The van der Waals surface area contributed by atoms with Crippen LogP contribution >= 0.6 is 0 Å². The maximum Gasteiger partial charge on any atom is 0.277 e. The van der Waals surface area contributed by atoms with Crippen molar-refractivity contribution in [1.82, 2.24) is 5.32 Å². The number of ether oxygens (including phenoxy) is 2. The van der Waals surface area contributed by atoms with Gasteiger partial charge in [-0.15, -0.1) is 0 Å². The van der Waals surface area contributed by atoms with Crippen LogP contribution in [-0.2, 0) is 9.47 Å². The number of hydrogen-bond acceptors (Lipinski definition) is 4. The molecule has 0 fully saturated rings. The van der Waals surface area contributed by atoms with Gasteiger partial charge in [-0.2, -0.15) is 0 Å². The van der Waals surface area contributed by atoms with E-state index in [9.17, 15) is 0 Å². The van der Waals surface area contributed by atoms with E-state index in [1.807, 2.05) is 14.1 Å². The lowest BCUT2D eigenvalue weighted by atomic mass is 10.6. The minimum atomic E-state index is -1.40. The summed E-state index contributed by atoms with van der Waals surface area (Å²) in [4.78, 5) is 0. The lowest BCUT2D eigenvalue weighted by Gasteiger charge is -2.21. The molecule has 0 saturated carbocycles. The molecule has 0 radical (unpaired) electrons. The van der Waals surface area contributed by atoms with E-state index in [0.29, 0.717) is 13.2 Å². The molecule has 0 saturated heterocycles. The average molecular weight is 179 g/mol. The first-order chi connectivity index (χ1) is 5.54. The van der Waals surface area contributed by atoms with Crippen LogP contribution in [0.15, 0.2) is 0 Å². The molecule has 0 aromatic rings. The normalized spacial score (nSPS) is 10.5. The number of rotatable bonds is 4. The first-order valence-corrected chi connectivity index (χ1v) is 4.12. The van der Waals surface area contributed by atoms with Crippen LogP contribution in [0.1, 0.15) is 20.8 Å². The van der Waals surface area contributed by atoms with Crippen LogP contribution in [0.25, 0.3) is 0 Å². The summed E-state index contributed by atoms with van der Waals surface area (Å²) in [6.07, 6.45) is 0. The van der Waals surface area contributed by atoms with Crippen molar-refractivity contribution in [2.45, 2.75) is 26.7 Å². The van der Waals surface area contributed by atoms with Gasteiger partial charge >= 0.3 is 0 Å². The summed E-state index contributed by atoms with van der Waals surface area (Å²) < 4.78 is 9.61. The molecule has 0 rings (SSSR count). The second kappa shape index (κ2) is 8.93. The van der Waals surface area contributed by atoms with E-state index < -0.39 is 5.97 Å². The van der Waals surface area contributed by atoms with E-state index in [1.165, 1.54) is 6.92 Å². The van der Waals surface area contributed by atoms with Crippen LogP contribution in [-0.4, -0.2) is 38.4 Å². The Morgan fingerprint density at radius 1 is 1.17 bits per heavy atom. The van der Waals surface area contributed by atoms with E-state index in [4.69, 9.17) is 14.6 Å². The number of hydrogen-bond donors (Lipinski definition) is 2. The molecule has 0 heterocycles. The van der Waals surface area contributed by atoms with E-state index in [2.05, 4.69) is 5.32 Å². The number of nitrogens with one attached hydrogen (secondary N) is 1. The lowest BCUT2D eigenvalue weighted by molar-refractivity contribution is -0.345. The van der Waals surface area contributed by atoms with Crippen LogP contribution < -0.4 is 5.32 Å². The Morgan fingerprint density at radius 2 is 1.42 bits per heavy atom. The van der Waals surface area contributed by atoms with Crippen LogP contribution in [0.3, 0.4) is 0 Å². The summed E-state index contributed by atoms with van der Waals surface area (Å²) in [5.41, 5.74) is 0. The Morgan fingerprint density at radius 3 is 1.58 bits per heavy atom. The monoisotopic (exact) mass is 179 g/mol. The van der Waals surface area contributed by atoms with Gasteiger partial charge in [-0.25, -0.2) is 0 Å². The van der Waals surface area contributed by atoms with Gasteiger partial charge < -0.3 is 19.9 Å². The van der Waals surface area contributed by atoms with E-state index >= 15 is 0 Å². The summed E-state index contributed by atoms with van der Waals surface area (Å²) in [5, 5.41) is 11.8. The Bertz CT molecular complexity index is 78.4. The fourth-order valence-electron chi connectivity index (χ4n) is 0.577. The highest BCUT2D eigenvalue weighted by atomic mass is 16.8. The van der Waals surface area contributed by atoms with Gasteiger partial charge in [-0.05, 0) is 27.9 Å². The summed E-state index contributed by atoms with van der Waals surface area (Å²) in [6, 6.07) is 0. The molecule has 0 aliphatic carbocycles. The molecule has 0 amide bonds. The molecule has 0 aliphatic heterocycles. The summed E-state index contributed by atoms with van der Waals surface area (Å²) in [6.45, 7) is 5.97. The minimum Gasteiger partial charge on any atom is -0.344 e. The topological polar surface area (TPSA) is 50.7 Å². The van der Waals surface area contributed by atoms with Crippen molar-refractivity contribution in [3.05, 3.63) is 0 Å². The molecule has 0 unspecified atom stereocenters. The van der Waals surface area contributed by atoms with Gasteiger partial charge in [0.1, 0.15) is 0 Å². The van der Waals surface area contributed by atoms with E-state index in [-0.39, 0.29) is 0 Å². The third kappa shape index (κ3) is 12.5. The summed E-state index contributed by atoms with van der Waals surface area (Å²) in [7, 11) is 3.75. The summed E-state index contributed by atoms with van der Waals surface area (Å²) in [5.74, 6) is -1.40. The standard InChI is InChI=1S/C6H14O3.C2H7N/c1-4-8-6(3,7)9-5-2;1-3-2/h7H,4-5H2,1-3H3;3H,1-2H3. The highest BCUT2D eigenvalue weighted by Crippen LogP contribution is 2.05. The lowest BCUT2D eigenvalue weighted by Crippen LogP contribution is -2.31. The maximum atomic E-state index is 9.07. The fourth-order valence-corrected chi connectivity index (χ4v) is 0.577. The van der Waals surface area contributed by atoms with Crippen molar-refractivity contribution in [3.8, 4) is 0 Å². The van der Waals surface area contributed by atoms with Crippen LogP contribution in [0.2, 0.25) is 0 Å². The predicted molar refractivity (Wildman–Crippen MR) is 48.9 cm³/mol. The zero-order chi connectivity index (χ0) is 10.0. The van der Waals surface area contributed by atoms with Crippen LogP contribution in [0.4, 0.5) is 0 Å². The molecular weight excluding hydrogens is 158 g/mol. The molecule has 4 heteroatoms. The molecule has 12 heavy (non-hydrogen) atoms. The quantitative estimate of drug-likeness (QED) is 0.619. The highest BCUT2D eigenvalue weighted by Gasteiger charge is 2.18. The van der Waals surface area contributed by atoms with Gasteiger partial charge in [0.2, 0.25) is 0 Å². The van der Waals surface area contributed by atoms with Gasteiger partial charge in [0.25, 0.3) is 5.97 Å². The van der Waals surface area contributed by atoms with Gasteiger partial charge in [-0.1, -0.05) is 0 Å². The molecule has 0 aromatic heterocycles. The van der Waals surface area contributed by atoms with Gasteiger partial charge in [-0.3, -0.25) is 0 Å². The highest BCUT2D eigenvalue weighted by molar-refractivity contribution is 4.39. The van der Waals surface area contributed by atoms with Crippen molar-refractivity contribution < 1.29 is 14.6 Å². The third-order valence-corrected chi connectivity index (χ3v) is 0.824. The van der Waals surface area contributed by atoms with Crippen molar-refractivity contribution in [3.63, 3.8) is 0 Å². The smallest absolute Gasteiger partial charge is 0.277 e. The first-order valence-electron chi connectivity index (χ1n) is 4.12. The molecule has 0 aromatic carbocycles. The first kappa shape index (κ1) is 14.4. The van der Waals surface area contributed by atoms with E-state index in [0.717, 1.165) is 0 Å². The predicted octanol–water partition coefficient (Wildman–Crippen LogP) is 0.561. The van der Waals surface area contributed by atoms with Gasteiger partial charge in [0, 0.05) is 20.1 Å². The fraction of sp³-hybridized carbons (Fsp3) is 1.00. The van der Waals surface area contributed by atoms with Crippen LogP contribution in [0, 0.1) is 0 Å². The molecule has 76 valence electrons. The summed E-state index contributed by atoms with van der Waals surface area (Å²) >= 11 is 0. The molecule has 4 nitrogen and oxygen atoms in total. The Balaban J connectivity index is 0. The molecule has 2 N–H and O–H groups in total. The molecular formula is C8H21NO3. The zero-order valence-electron chi connectivity index (χ0n) is 8.68. The van der Waals surface area contributed by atoms with Crippen molar-refractivity contribution in [2.75, 3.05) is 27.3 Å². The molecule has 0 spiro atoms. The van der Waals surface area contributed by atoms with Crippen LogP contribution in [0.5, 0.6) is 0 Å². The molecule has 0 atom stereocenters. The Labute approximate surface area is 74.9 Å². The number of aliphatic hydroxyl groups is 1. The zero-order valence-corrected chi connectivity index (χ0v) is 8.68. The largest absolute Gasteiger partial charge is 0.344 e. The van der Waals surface area contributed by atoms with Gasteiger partial charge in [0.15, 0.2) is 0 Å². The SMILES string of the molecule is CCOC(C)(O)OCC.CNC. The van der Waals surface area contributed by atoms with Crippen molar-refractivity contribution >= 4 is 0 Å². The van der Waals surface area contributed by atoms with Crippen molar-refractivity contribution in [2.24, 2.45) is 0 Å². The van der Waals surface area contributed by atoms with Crippen molar-refractivity contribution in [1.29, 1.82) is 0 Å². The Kier molecular flexibility index (Phi) is 10.7.